The highest BCUT2D eigenvalue weighted by Crippen LogP contribution is 2.25. The first-order valence-electron chi connectivity index (χ1n) is 9.95. The predicted molar refractivity (Wildman–Crippen MR) is 117 cm³/mol. The van der Waals surface area contributed by atoms with E-state index in [1.807, 2.05) is 56.3 Å². The zero-order chi connectivity index (χ0) is 20.5. The van der Waals surface area contributed by atoms with Crippen molar-refractivity contribution in [1.29, 1.82) is 0 Å². The molecule has 0 heterocycles. The zero-order valence-corrected chi connectivity index (χ0v) is 16.9. The van der Waals surface area contributed by atoms with Crippen molar-refractivity contribution in [2.24, 2.45) is 0 Å². The fourth-order valence-electron chi connectivity index (χ4n) is 2.95. The highest BCUT2D eigenvalue weighted by atomic mass is 16.5. The molecule has 1 N–H and O–H groups in total. The van der Waals surface area contributed by atoms with E-state index >= 15 is 0 Å². The van der Waals surface area contributed by atoms with Gasteiger partial charge in [0.1, 0.15) is 11.5 Å². The van der Waals surface area contributed by atoms with E-state index in [4.69, 9.17) is 9.47 Å². The van der Waals surface area contributed by atoms with Gasteiger partial charge in [0, 0.05) is 5.56 Å². The molecule has 0 bridgehead atoms. The largest absolute Gasteiger partial charge is 0.491 e. The number of hydrogen-bond donors (Lipinski definition) is 1. The Kier molecular flexibility index (Phi) is 7.28. The van der Waals surface area contributed by atoms with Crippen LogP contribution in [0.2, 0.25) is 0 Å². The second-order valence-corrected chi connectivity index (χ2v) is 7.08. The molecule has 0 radical (unpaired) electrons. The van der Waals surface area contributed by atoms with Crippen LogP contribution in [0, 0.1) is 0 Å². The van der Waals surface area contributed by atoms with Gasteiger partial charge in [-0.15, -0.1) is 0 Å². The van der Waals surface area contributed by atoms with Crippen molar-refractivity contribution in [3.63, 3.8) is 0 Å². The number of rotatable bonds is 9. The van der Waals surface area contributed by atoms with Crippen molar-refractivity contribution >= 4 is 11.6 Å². The molecule has 0 aliphatic heterocycles. The quantitative estimate of drug-likeness (QED) is 0.475. The number of carbonyl (C=O) groups is 1. The number of para-hydroxylation sites is 2. The number of ether oxygens (including phenoxy) is 2. The summed E-state index contributed by atoms with van der Waals surface area (Å²) >= 11 is 0. The van der Waals surface area contributed by atoms with Crippen LogP contribution < -0.4 is 14.8 Å². The molecule has 150 valence electrons. The average molecular weight is 389 g/mol. The number of amides is 1. The highest BCUT2D eigenvalue weighted by molar-refractivity contribution is 6.05. The lowest BCUT2D eigenvalue weighted by Crippen LogP contribution is -2.13. The number of aryl methyl sites for hydroxylation is 1. The molecular formula is C25H27NO3. The Morgan fingerprint density at radius 3 is 2.31 bits per heavy atom. The molecule has 1 amide bonds. The first-order chi connectivity index (χ1) is 14.1. The molecule has 0 aliphatic carbocycles. The van der Waals surface area contributed by atoms with E-state index in [1.165, 1.54) is 5.56 Å². The SMILES string of the molecule is CC(C)Oc1ccc(C(=O)Nc2ccccc2OCCCc2ccccc2)cc1. The Morgan fingerprint density at radius 1 is 0.897 bits per heavy atom. The van der Waals surface area contributed by atoms with Crippen LogP contribution in [-0.4, -0.2) is 18.6 Å². The summed E-state index contributed by atoms with van der Waals surface area (Å²) in [7, 11) is 0. The minimum Gasteiger partial charge on any atom is -0.491 e. The molecule has 3 aromatic rings. The van der Waals surface area contributed by atoms with Crippen LogP contribution in [0.1, 0.15) is 36.2 Å². The molecule has 0 saturated carbocycles. The van der Waals surface area contributed by atoms with Crippen LogP contribution in [0.25, 0.3) is 0 Å². The third-order valence-electron chi connectivity index (χ3n) is 4.33. The number of benzene rings is 3. The smallest absolute Gasteiger partial charge is 0.255 e. The van der Waals surface area contributed by atoms with E-state index in [0.717, 1.165) is 18.6 Å². The van der Waals surface area contributed by atoms with Crippen LogP contribution in [-0.2, 0) is 6.42 Å². The van der Waals surface area contributed by atoms with E-state index in [-0.39, 0.29) is 12.0 Å². The molecule has 0 unspecified atom stereocenters. The van der Waals surface area contributed by atoms with Gasteiger partial charge in [0.05, 0.1) is 18.4 Å². The van der Waals surface area contributed by atoms with Crippen molar-refractivity contribution in [3.8, 4) is 11.5 Å². The summed E-state index contributed by atoms with van der Waals surface area (Å²) in [5.74, 6) is 1.24. The van der Waals surface area contributed by atoms with E-state index in [1.54, 1.807) is 24.3 Å². The van der Waals surface area contributed by atoms with Gasteiger partial charge >= 0.3 is 0 Å². The van der Waals surface area contributed by atoms with Crippen LogP contribution in [0.4, 0.5) is 5.69 Å². The molecule has 3 rings (SSSR count). The first kappa shape index (κ1) is 20.5. The lowest BCUT2D eigenvalue weighted by molar-refractivity contribution is 0.102. The maximum atomic E-state index is 12.6. The molecule has 29 heavy (non-hydrogen) atoms. The second kappa shape index (κ2) is 10.3. The maximum Gasteiger partial charge on any atom is 0.255 e. The second-order valence-electron chi connectivity index (χ2n) is 7.08. The van der Waals surface area contributed by atoms with Gasteiger partial charge in [-0.05, 0) is 68.7 Å². The van der Waals surface area contributed by atoms with Gasteiger partial charge in [-0.25, -0.2) is 0 Å². The molecule has 0 aliphatic rings. The highest BCUT2D eigenvalue weighted by Gasteiger charge is 2.10. The van der Waals surface area contributed by atoms with Gasteiger partial charge in [0.25, 0.3) is 5.91 Å². The van der Waals surface area contributed by atoms with Crippen LogP contribution >= 0.6 is 0 Å². The van der Waals surface area contributed by atoms with Crippen LogP contribution in [0.15, 0.2) is 78.9 Å². The summed E-state index contributed by atoms with van der Waals surface area (Å²) in [6.07, 6.45) is 1.96. The van der Waals surface area contributed by atoms with Gasteiger partial charge in [0.15, 0.2) is 0 Å². The van der Waals surface area contributed by atoms with Crippen molar-refractivity contribution in [3.05, 3.63) is 90.0 Å². The Hall–Kier alpha value is -3.27. The summed E-state index contributed by atoms with van der Waals surface area (Å²) in [5, 5.41) is 2.94. The summed E-state index contributed by atoms with van der Waals surface area (Å²) in [6, 6.07) is 25.0. The number of hydrogen-bond acceptors (Lipinski definition) is 3. The van der Waals surface area contributed by atoms with Crippen molar-refractivity contribution in [2.45, 2.75) is 32.8 Å². The standard InChI is InChI=1S/C25H27NO3/c1-19(2)29-22-16-14-21(15-17-22)25(27)26-23-12-6-7-13-24(23)28-18-8-11-20-9-4-3-5-10-20/h3-7,9-10,12-17,19H,8,11,18H2,1-2H3,(H,26,27). The Labute approximate surface area is 172 Å². The topological polar surface area (TPSA) is 47.6 Å². The molecule has 0 fully saturated rings. The third kappa shape index (κ3) is 6.39. The number of anilines is 1. The maximum absolute atomic E-state index is 12.6. The molecule has 0 saturated heterocycles. The molecule has 0 spiro atoms. The first-order valence-corrected chi connectivity index (χ1v) is 9.95. The Balaban J connectivity index is 1.56. The summed E-state index contributed by atoms with van der Waals surface area (Å²) in [4.78, 5) is 12.6. The van der Waals surface area contributed by atoms with Crippen LogP contribution in [0.5, 0.6) is 11.5 Å². The molecule has 0 aromatic heterocycles. The Morgan fingerprint density at radius 2 is 1.59 bits per heavy atom. The van der Waals surface area contributed by atoms with Crippen molar-refractivity contribution in [2.75, 3.05) is 11.9 Å². The van der Waals surface area contributed by atoms with Gasteiger partial charge in [0.2, 0.25) is 0 Å². The van der Waals surface area contributed by atoms with Crippen molar-refractivity contribution in [1.82, 2.24) is 0 Å². The normalized spacial score (nSPS) is 10.6. The van der Waals surface area contributed by atoms with E-state index in [0.29, 0.717) is 23.6 Å². The van der Waals surface area contributed by atoms with Gasteiger partial charge in [-0.3, -0.25) is 4.79 Å². The van der Waals surface area contributed by atoms with Crippen molar-refractivity contribution < 1.29 is 14.3 Å². The third-order valence-corrected chi connectivity index (χ3v) is 4.33. The van der Waals surface area contributed by atoms with E-state index in [2.05, 4.69) is 17.4 Å². The van der Waals surface area contributed by atoms with Gasteiger partial charge < -0.3 is 14.8 Å². The predicted octanol–water partition coefficient (Wildman–Crippen LogP) is 5.74. The molecule has 4 heteroatoms. The molecular weight excluding hydrogens is 362 g/mol. The minimum absolute atomic E-state index is 0.0978. The zero-order valence-electron chi connectivity index (χ0n) is 16.9. The lowest BCUT2D eigenvalue weighted by atomic mass is 10.1. The monoisotopic (exact) mass is 389 g/mol. The average Bonchev–Trinajstić information content (AvgIpc) is 2.73. The molecule has 3 aromatic carbocycles. The van der Waals surface area contributed by atoms with Gasteiger partial charge in [-0.2, -0.15) is 0 Å². The summed E-state index contributed by atoms with van der Waals surface area (Å²) < 4.78 is 11.5. The number of nitrogens with one attached hydrogen (secondary N) is 1. The minimum atomic E-state index is -0.179. The number of carbonyl (C=O) groups excluding carboxylic acids is 1. The molecule has 4 nitrogen and oxygen atoms in total. The summed E-state index contributed by atoms with van der Waals surface area (Å²) in [5.41, 5.74) is 2.53. The van der Waals surface area contributed by atoms with Crippen LogP contribution in [0.3, 0.4) is 0 Å². The fourth-order valence-corrected chi connectivity index (χ4v) is 2.95. The Bertz CT molecular complexity index is 905. The molecule has 0 atom stereocenters. The fraction of sp³-hybridized carbons (Fsp3) is 0.240. The van der Waals surface area contributed by atoms with Gasteiger partial charge in [-0.1, -0.05) is 42.5 Å². The summed E-state index contributed by atoms with van der Waals surface area (Å²) in [6.45, 7) is 4.53. The van der Waals surface area contributed by atoms with E-state index < -0.39 is 0 Å². The lowest BCUT2D eigenvalue weighted by Gasteiger charge is -2.13. The van der Waals surface area contributed by atoms with E-state index in [9.17, 15) is 4.79 Å².